The maximum absolute atomic E-state index is 12.3. The van der Waals surface area contributed by atoms with E-state index in [-0.39, 0.29) is 35.6 Å². The number of nitrogens with one attached hydrogen (secondary N) is 1. The number of nitrogens with zero attached hydrogens (tertiary/aromatic N) is 1. The summed E-state index contributed by atoms with van der Waals surface area (Å²) >= 11 is 0. The number of nitrogen functional groups attached to an aromatic ring is 1. The third-order valence-electron chi connectivity index (χ3n) is 3.47. The van der Waals surface area contributed by atoms with Gasteiger partial charge in [0.05, 0.1) is 17.7 Å². The Bertz CT molecular complexity index is 668. The van der Waals surface area contributed by atoms with E-state index in [4.69, 9.17) is 5.73 Å². The van der Waals surface area contributed by atoms with Crippen LogP contribution in [0.3, 0.4) is 0 Å². The van der Waals surface area contributed by atoms with Crippen molar-refractivity contribution in [2.24, 2.45) is 0 Å². The predicted octanol–water partition coefficient (Wildman–Crippen LogP) is -0.678. The molecule has 0 aliphatic carbocycles. The van der Waals surface area contributed by atoms with Gasteiger partial charge in [0.2, 0.25) is 5.91 Å². The summed E-state index contributed by atoms with van der Waals surface area (Å²) in [4.78, 5) is 48.7. The van der Waals surface area contributed by atoms with Crippen molar-refractivity contribution in [3.8, 4) is 0 Å². The lowest BCUT2D eigenvalue weighted by atomic mass is 10.0. The fourth-order valence-corrected chi connectivity index (χ4v) is 2.51. The summed E-state index contributed by atoms with van der Waals surface area (Å²) in [5, 5.41) is 2.38. The normalized spacial score (nSPS) is 22.0. The molecule has 1 unspecified atom stereocenters. The Balaban J connectivity index is 2.03. The summed E-state index contributed by atoms with van der Waals surface area (Å²) in [7, 11) is 0. The van der Waals surface area contributed by atoms with Crippen molar-refractivity contribution in [2.75, 3.05) is 12.3 Å². The van der Waals surface area contributed by atoms with Crippen molar-refractivity contribution in [1.82, 2.24) is 10.2 Å². The van der Waals surface area contributed by atoms with Gasteiger partial charge in [0.1, 0.15) is 6.04 Å². The fraction of sp³-hybridized carbons (Fsp3) is 0.231. The van der Waals surface area contributed by atoms with Crippen LogP contribution < -0.4 is 11.1 Å². The number of hydrogen-bond donors (Lipinski definition) is 2. The Morgan fingerprint density at radius 1 is 1.15 bits per heavy atom. The first kappa shape index (κ1) is 12.3. The van der Waals surface area contributed by atoms with Gasteiger partial charge >= 0.3 is 0 Å². The summed E-state index contributed by atoms with van der Waals surface area (Å²) in [5.41, 5.74) is 6.16. The quantitative estimate of drug-likeness (QED) is 0.520. The van der Waals surface area contributed by atoms with E-state index in [1.54, 1.807) is 6.07 Å². The molecule has 2 aliphatic rings. The van der Waals surface area contributed by atoms with Gasteiger partial charge in [-0.25, -0.2) is 0 Å². The van der Waals surface area contributed by atoms with Gasteiger partial charge in [-0.1, -0.05) is 6.07 Å². The highest BCUT2D eigenvalue weighted by atomic mass is 16.2. The number of Topliss-reactive ketones (excluding diaryl/α,β-unsaturated/α-hetero) is 1. The lowest BCUT2D eigenvalue weighted by molar-refractivity contribution is -0.133. The molecule has 0 bridgehead atoms. The number of imide groups is 1. The molecule has 1 atom stereocenters. The molecule has 2 aliphatic heterocycles. The standard InChI is InChI=1S/C13H11N3O4/c14-8-3-1-2-7-10(8)13(20)16(12(7)19)9-4-6(17)5-15-11(9)18/h1-3,9H,4-5,14H2,(H,15,18). The third-order valence-corrected chi connectivity index (χ3v) is 3.47. The second-order valence-corrected chi connectivity index (χ2v) is 4.73. The highest BCUT2D eigenvalue weighted by molar-refractivity contribution is 6.25. The molecule has 0 spiro atoms. The predicted molar refractivity (Wildman–Crippen MR) is 67.8 cm³/mol. The monoisotopic (exact) mass is 273 g/mol. The van der Waals surface area contributed by atoms with E-state index in [9.17, 15) is 19.2 Å². The molecule has 1 aromatic carbocycles. The average Bonchev–Trinajstić information content (AvgIpc) is 2.66. The average molecular weight is 273 g/mol. The minimum absolute atomic E-state index is 0.0688. The molecule has 0 saturated carbocycles. The zero-order chi connectivity index (χ0) is 14.4. The first-order valence-electron chi connectivity index (χ1n) is 6.06. The minimum atomic E-state index is -1.09. The van der Waals surface area contributed by atoms with Crippen LogP contribution in [0.4, 0.5) is 5.69 Å². The molecule has 0 aromatic heterocycles. The largest absolute Gasteiger partial charge is 0.398 e. The van der Waals surface area contributed by atoms with Gasteiger partial charge in [0.15, 0.2) is 5.78 Å². The van der Waals surface area contributed by atoms with Crippen LogP contribution >= 0.6 is 0 Å². The summed E-state index contributed by atoms with van der Waals surface area (Å²) in [6.07, 6.45) is -0.156. The molecule has 3 rings (SSSR count). The molecule has 7 nitrogen and oxygen atoms in total. The lowest BCUT2D eigenvalue weighted by Crippen LogP contribution is -2.55. The fourth-order valence-electron chi connectivity index (χ4n) is 2.51. The molecule has 20 heavy (non-hydrogen) atoms. The van der Waals surface area contributed by atoms with Gasteiger partial charge in [-0.3, -0.25) is 24.1 Å². The second kappa shape index (κ2) is 4.16. The highest BCUT2D eigenvalue weighted by Gasteiger charge is 2.45. The summed E-state index contributed by atoms with van der Waals surface area (Å²) in [6, 6.07) is 3.46. The second-order valence-electron chi connectivity index (χ2n) is 4.73. The summed E-state index contributed by atoms with van der Waals surface area (Å²) in [6.45, 7) is -0.0688. The smallest absolute Gasteiger partial charge is 0.264 e. The van der Waals surface area contributed by atoms with Gasteiger partial charge in [-0.15, -0.1) is 0 Å². The molecule has 1 saturated heterocycles. The molecule has 2 heterocycles. The van der Waals surface area contributed by atoms with E-state index in [1.165, 1.54) is 12.1 Å². The molecular weight excluding hydrogens is 262 g/mol. The minimum Gasteiger partial charge on any atom is -0.398 e. The van der Waals surface area contributed by atoms with Gasteiger partial charge in [-0.2, -0.15) is 0 Å². The van der Waals surface area contributed by atoms with Crippen molar-refractivity contribution < 1.29 is 19.2 Å². The molecule has 102 valence electrons. The van der Waals surface area contributed by atoms with Crippen LogP contribution in [0.15, 0.2) is 18.2 Å². The zero-order valence-electron chi connectivity index (χ0n) is 10.4. The van der Waals surface area contributed by atoms with Gasteiger partial charge in [-0.05, 0) is 12.1 Å². The maximum atomic E-state index is 12.3. The Morgan fingerprint density at radius 3 is 2.60 bits per heavy atom. The van der Waals surface area contributed by atoms with Crippen LogP contribution in [0, 0.1) is 0 Å². The van der Waals surface area contributed by atoms with Crippen LogP contribution in [0.1, 0.15) is 27.1 Å². The van der Waals surface area contributed by atoms with E-state index >= 15 is 0 Å². The molecule has 3 N–H and O–H groups in total. The first-order valence-corrected chi connectivity index (χ1v) is 6.06. The van der Waals surface area contributed by atoms with E-state index in [2.05, 4.69) is 5.32 Å². The van der Waals surface area contributed by atoms with Crippen LogP contribution in [0.5, 0.6) is 0 Å². The number of carbonyl (C=O) groups is 4. The molecule has 1 aromatic rings. The Hall–Kier alpha value is -2.70. The number of piperidine rings is 1. The van der Waals surface area contributed by atoms with Gasteiger partial charge in [0, 0.05) is 12.1 Å². The maximum Gasteiger partial charge on any atom is 0.264 e. The number of hydrogen-bond acceptors (Lipinski definition) is 5. The van der Waals surface area contributed by atoms with Crippen LogP contribution in [0.2, 0.25) is 0 Å². The number of benzene rings is 1. The lowest BCUT2D eigenvalue weighted by Gasteiger charge is -2.27. The molecule has 7 heteroatoms. The SMILES string of the molecule is Nc1cccc2c1C(=O)N(C1CC(=O)CNC1=O)C2=O. The number of amides is 3. The number of fused-ring (bicyclic) bond motifs is 1. The van der Waals surface area contributed by atoms with E-state index in [0.717, 1.165) is 4.90 Å². The van der Waals surface area contributed by atoms with Crippen LogP contribution in [0.25, 0.3) is 0 Å². The van der Waals surface area contributed by atoms with Crippen LogP contribution in [-0.4, -0.2) is 41.0 Å². The molecule has 3 amide bonds. The van der Waals surface area contributed by atoms with Crippen LogP contribution in [-0.2, 0) is 9.59 Å². The molecule has 1 fully saturated rings. The summed E-state index contributed by atoms with van der Waals surface area (Å²) < 4.78 is 0. The molecular formula is C13H11N3O4. The number of carbonyl (C=O) groups excluding carboxylic acids is 4. The van der Waals surface area contributed by atoms with Crippen molar-refractivity contribution >= 4 is 29.2 Å². The first-order chi connectivity index (χ1) is 9.50. The topological polar surface area (TPSA) is 110 Å². The van der Waals surface area contributed by atoms with E-state index in [0.29, 0.717) is 0 Å². The van der Waals surface area contributed by atoms with E-state index < -0.39 is 23.8 Å². The van der Waals surface area contributed by atoms with Crippen molar-refractivity contribution in [2.45, 2.75) is 12.5 Å². The number of rotatable bonds is 1. The zero-order valence-corrected chi connectivity index (χ0v) is 10.4. The highest BCUT2D eigenvalue weighted by Crippen LogP contribution is 2.30. The summed E-state index contributed by atoms with van der Waals surface area (Å²) in [5.74, 6) is -1.94. The van der Waals surface area contributed by atoms with Crippen molar-refractivity contribution in [3.05, 3.63) is 29.3 Å². The Kier molecular flexibility index (Phi) is 2.56. The molecule has 0 radical (unpaired) electrons. The van der Waals surface area contributed by atoms with Crippen molar-refractivity contribution in [1.29, 1.82) is 0 Å². The number of ketones is 1. The number of anilines is 1. The van der Waals surface area contributed by atoms with Gasteiger partial charge in [0.25, 0.3) is 11.8 Å². The van der Waals surface area contributed by atoms with Crippen molar-refractivity contribution in [3.63, 3.8) is 0 Å². The Morgan fingerprint density at radius 2 is 1.90 bits per heavy atom. The third kappa shape index (κ3) is 1.59. The van der Waals surface area contributed by atoms with E-state index in [1.807, 2.05) is 0 Å². The Labute approximate surface area is 113 Å². The van der Waals surface area contributed by atoms with Gasteiger partial charge < -0.3 is 11.1 Å². The number of nitrogens with two attached hydrogens (primary N) is 1.